The predicted octanol–water partition coefficient (Wildman–Crippen LogP) is 5.40. The standard InChI is InChI=1S/C24H28Cl2N2O2/c1-17(24(30)27-22-11-3-2-4-12-22)28(16-19-8-6-10-21(26)14-19)23(29)15-18-7-5-9-20(25)13-18/h5-10,13-14,17,22H,2-4,11-12,15-16H2,1H3,(H,27,30). The van der Waals surface area contributed by atoms with Gasteiger partial charge in [-0.15, -0.1) is 0 Å². The lowest BCUT2D eigenvalue weighted by Crippen LogP contribution is -2.50. The SMILES string of the molecule is CC(C(=O)NC1CCCCC1)N(Cc1cccc(Cl)c1)C(=O)Cc1cccc(Cl)c1. The van der Waals surface area contributed by atoms with E-state index in [1.165, 1.54) is 6.42 Å². The second-order valence-electron chi connectivity index (χ2n) is 7.98. The molecular formula is C24H28Cl2N2O2. The molecule has 4 nitrogen and oxygen atoms in total. The predicted molar refractivity (Wildman–Crippen MR) is 122 cm³/mol. The number of halogens is 2. The zero-order valence-corrected chi connectivity index (χ0v) is 18.8. The van der Waals surface area contributed by atoms with Crippen LogP contribution >= 0.6 is 23.2 Å². The minimum Gasteiger partial charge on any atom is -0.352 e. The summed E-state index contributed by atoms with van der Waals surface area (Å²) < 4.78 is 0. The van der Waals surface area contributed by atoms with Gasteiger partial charge in [0.25, 0.3) is 0 Å². The van der Waals surface area contributed by atoms with Crippen molar-refractivity contribution >= 4 is 35.0 Å². The van der Waals surface area contributed by atoms with Gasteiger partial charge in [0.05, 0.1) is 6.42 Å². The highest BCUT2D eigenvalue weighted by atomic mass is 35.5. The number of benzene rings is 2. The molecule has 1 unspecified atom stereocenters. The molecular weight excluding hydrogens is 419 g/mol. The molecule has 3 rings (SSSR count). The molecule has 0 radical (unpaired) electrons. The van der Waals surface area contributed by atoms with E-state index in [4.69, 9.17) is 23.2 Å². The maximum atomic E-state index is 13.2. The fraction of sp³-hybridized carbons (Fsp3) is 0.417. The van der Waals surface area contributed by atoms with E-state index in [2.05, 4.69) is 5.32 Å². The van der Waals surface area contributed by atoms with Crippen molar-refractivity contribution in [2.75, 3.05) is 0 Å². The van der Waals surface area contributed by atoms with Crippen LogP contribution in [0.1, 0.15) is 50.2 Å². The average molecular weight is 447 g/mol. The van der Waals surface area contributed by atoms with Crippen LogP contribution in [0.4, 0.5) is 0 Å². The van der Waals surface area contributed by atoms with Crippen molar-refractivity contribution in [3.8, 4) is 0 Å². The lowest BCUT2D eigenvalue weighted by molar-refractivity contribution is -0.140. The van der Waals surface area contributed by atoms with E-state index in [1.54, 1.807) is 30.0 Å². The fourth-order valence-electron chi connectivity index (χ4n) is 3.91. The van der Waals surface area contributed by atoms with E-state index < -0.39 is 6.04 Å². The van der Waals surface area contributed by atoms with Gasteiger partial charge in [-0.05, 0) is 55.2 Å². The Hall–Kier alpha value is -2.04. The second-order valence-corrected chi connectivity index (χ2v) is 8.85. The van der Waals surface area contributed by atoms with Crippen LogP contribution in [0.2, 0.25) is 10.0 Å². The van der Waals surface area contributed by atoms with Crippen molar-refractivity contribution in [2.45, 2.75) is 64.1 Å². The number of nitrogens with zero attached hydrogens (tertiary/aromatic N) is 1. The van der Waals surface area contributed by atoms with Crippen LogP contribution in [0.25, 0.3) is 0 Å². The van der Waals surface area contributed by atoms with E-state index in [1.807, 2.05) is 30.3 Å². The van der Waals surface area contributed by atoms with Gasteiger partial charge in [0.1, 0.15) is 6.04 Å². The van der Waals surface area contributed by atoms with Crippen LogP contribution in [0.15, 0.2) is 48.5 Å². The Morgan fingerprint density at radius 1 is 1.00 bits per heavy atom. The zero-order valence-electron chi connectivity index (χ0n) is 17.2. The monoisotopic (exact) mass is 446 g/mol. The number of carbonyl (C=O) groups is 2. The molecule has 2 aromatic rings. The molecule has 160 valence electrons. The number of rotatable bonds is 7. The van der Waals surface area contributed by atoms with Gasteiger partial charge in [0.15, 0.2) is 0 Å². The molecule has 30 heavy (non-hydrogen) atoms. The second kappa shape index (κ2) is 10.8. The number of carbonyl (C=O) groups excluding carboxylic acids is 2. The smallest absolute Gasteiger partial charge is 0.242 e. The molecule has 1 saturated carbocycles. The van der Waals surface area contributed by atoms with Crippen molar-refractivity contribution in [1.82, 2.24) is 10.2 Å². The van der Waals surface area contributed by atoms with Crippen LogP contribution in [-0.4, -0.2) is 28.8 Å². The van der Waals surface area contributed by atoms with Crippen LogP contribution in [-0.2, 0) is 22.6 Å². The Morgan fingerprint density at radius 2 is 1.60 bits per heavy atom. The molecule has 1 aliphatic rings. The summed E-state index contributed by atoms with van der Waals surface area (Å²) in [6.07, 6.45) is 5.69. The van der Waals surface area contributed by atoms with E-state index in [0.29, 0.717) is 16.6 Å². The fourth-order valence-corrected chi connectivity index (χ4v) is 4.33. The van der Waals surface area contributed by atoms with E-state index in [-0.39, 0.29) is 24.3 Å². The molecule has 0 spiro atoms. The third-order valence-electron chi connectivity index (χ3n) is 5.61. The zero-order chi connectivity index (χ0) is 21.5. The first-order valence-corrected chi connectivity index (χ1v) is 11.3. The lowest BCUT2D eigenvalue weighted by Gasteiger charge is -2.31. The highest BCUT2D eigenvalue weighted by Gasteiger charge is 2.28. The molecule has 0 bridgehead atoms. The Kier molecular flexibility index (Phi) is 8.17. The number of nitrogens with one attached hydrogen (secondary N) is 1. The van der Waals surface area contributed by atoms with Gasteiger partial charge in [-0.1, -0.05) is 66.7 Å². The minimum atomic E-state index is -0.586. The Morgan fingerprint density at radius 3 is 2.23 bits per heavy atom. The van der Waals surface area contributed by atoms with E-state index >= 15 is 0 Å². The van der Waals surface area contributed by atoms with Crippen LogP contribution in [0.3, 0.4) is 0 Å². The lowest BCUT2D eigenvalue weighted by atomic mass is 9.95. The van der Waals surface area contributed by atoms with Gasteiger partial charge < -0.3 is 10.2 Å². The Labute approximate surface area is 188 Å². The average Bonchev–Trinajstić information content (AvgIpc) is 2.72. The summed E-state index contributed by atoms with van der Waals surface area (Å²) in [7, 11) is 0. The van der Waals surface area contributed by atoms with Crippen LogP contribution < -0.4 is 5.32 Å². The maximum absolute atomic E-state index is 13.2. The largest absolute Gasteiger partial charge is 0.352 e. The molecule has 1 N–H and O–H groups in total. The Bertz CT molecular complexity index is 881. The summed E-state index contributed by atoms with van der Waals surface area (Å²) in [5.74, 6) is -0.230. The molecule has 1 aliphatic carbocycles. The molecule has 1 atom stereocenters. The minimum absolute atomic E-state index is 0.108. The molecule has 2 amide bonds. The van der Waals surface area contributed by atoms with Gasteiger partial charge in [-0.25, -0.2) is 0 Å². The quantitative estimate of drug-likeness (QED) is 0.618. The van der Waals surface area contributed by atoms with Gasteiger partial charge in [-0.2, -0.15) is 0 Å². The summed E-state index contributed by atoms with van der Waals surface area (Å²) in [6, 6.07) is 14.3. The first-order valence-electron chi connectivity index (χ1n) is 10.5. The highest BCUT2D eigenvalue weighted by Crippen LogP contribution is 2.20. The van der Waals surface area contributed by atoms with E-state index in [0.717, 1.165) is 36.8 Å². The molecule has 2 aromatic carbocycles. The van der Waals surface area contributed by atoms with Crippen molar-refractivity contribution < 1.29 is 9.59 Å². The third-order valence-corrected chi connectivity index (χ3v) is 6.08. The summed E-state index contributed by atoms with van der Waals surface area (Å²) in [4.78, 5) is 27.8. The van der Waals surface area contributed by atoms with Gasteiger partial charge in [0, 0.05) is 22.6 Å². The van der Waals surface area contributed by atoms with Crippen molar-refractivity contribution in [2.24, 2.45) is 0 Å². The number of amides is 2. The van der Waals surface area contributed by atoms with Gasteiger partial charge in [-0.3, -0.25) is 9.59 Å². The molecule has 0 saturated heterocycles. The van der Waals surface area contributed by atoms with Crippen molar-refractivity contribution in [3.05, 3.63) is 69.7 Å². The topological polar surface area (TPSA) is 49.4 Å². The Balaban J connectivity index is 1.76. The highest BCUT2D eigenvalue weighted by molar-refractivity contribution is 6.30. The summed E-state index contributed by atoms with van der Waals surface area (Å²) in [5, 5.41) is 4.34. The first-order chi connectivity index (χ1) is 14.4. The van der Waals surface area contributed by atoms with Gasteiger partial charge >= 0.3 is 0 Å². The van der Waals surface area contributed by atoms with Crippen LogP contribution in [0.5, 0.6) is 0 Å². The van der Waals surface area contributed by atoms with Crippen molar-refractivity contribution in [3.63, 3.8) is 0 Å². The molecule has 1 fully saturated rings. The van der Waals surface area contributed by atoms with Crippen LogP contribution in [0, 0.1) is 0 Å². The van der Waals surface area contributed by atoms with Crippen molar-refractivity contribution in [1.29, 1.82) is 0 Å². The van der Waals surface area contributed by atoms with Gasteiger partial charge in [0.2, 0.25) is 11.8 Å². The number of hydrogen-bond donors (Lipinski definition) is 1. The molecule has 0 heterocycles. The summed E-state index contributed by atoms with van der Waals surface area (Å²) >= 11 is 12.2. The molecule has 0 aliphatic heterocycles. The normalized spacial score (nSPS) is 15.4. The maximum Gasteiger partial charge on any atom is 0.242 e. The summed E-state index contributed by atoms with van der Waals surface area (Å²) in [6.45, 7) is 2.11. The molecule has 0 aromatic heterocycles. The third kappa shape index (κ3) is 6.48. The first kappa shape index (κ1) is 22.6. The number of hydrogen-bond acceptors (Lipinski definition) is 2. The summed E-state index contributed by atoms with van der Waals surface area (Å²) in [5.41, 5.74) is 1.71. The molecule has 6 heteroatoms. The van der Waals surface area contributed by atoms with E-state index in [9.17, 15) is 9.59 Å².